The van der Waals surface area contributed by atoms with Crippen molar-refractivity contribution < 1.29 is 4.74 Å². The normalized spacial score (nSPS) is 16.2. The van der Waals surface area contributed by atoms with Crippen LogP contribution in [0.3, 0.4) is 0 Å². The van der Waals surface area contributed by atoms with Crippen LogP contribution in [-0.2, 0) is 11.3 Å². The van der Waals surface area contributed by atoms with Gasteiger partial charge in [0.25, 0.3) is 0 Å². The van der Waals surface area contributed by atoms with E-state index in [1.54, 1.807) is 7.11 Å². The SMILES string of the molecule is COC(C)(C)CNCc1ccc(C2CC2)cc1. The summed E-state index contributed by atoms with van der Waals surface area (Å²) < 4.78 is 5.37. The molecule has 0 atom stereocenters. The van der Waals surface area contributed by atoms with Crippen molar-refractivity contribution in [3.8, 4) is 0 Å². The highest BCUT2D eigenvalue weighted by Gasteiger charge is 2.22. The third-order valence-electron chi connectivity index (χ3n) is 3.46. The Kier molecular flexibility index (Phi) is 3.85. The molecule has 0 saturated heterocycles. The van der Waals surface area contributed by atoms with E-state index in [4.69, 9.17) is 4.74 Å². The van der Waals surface area contributed by atoms with Crippen molar-refractivity contribution in [3.05, 3.63) is 35.4 Å². The second-order valence-corrected chi connectivity index (χ2v) is 5.58. The molecule has 2 heteroatoms. The van der Waals surface area contributed by atoms with Crippen LogP contribution in [-0.4, -0.2) is 19.3 Å². The van der Waals surface area contributed by atoms with Gasteiger partial charge in [-0.25, -0.2) is 0 Å². The van der Waals surface area contributed by atoms with Gasteiger partial charge in [0.15, 0.2) is 0 Å². The number of nitrogens with one attached hydrogen (secondary N) is 1. The minimum atomic E-state index is -0.0893. The predicted octanol–water partition coefficient (Wildman–Crippen LogP) is 3.08. The van der Waals surface area contributed by atoms with E-state index < -0.39 is 0 Å². The van der Waals surface area contributed by atoms with Gasteiger partial charge in [0, 0.05) is 20.2 Å². The summed E-state index contributed by atoms with van der Waals surface area (Å²) >= 11 is 0. The van der Waals surface area contributed by atoms with Gasteiger partial charge in [-0.15, -0.1) is 0 Å². The van der Waals surface area contributed by atoms with E-state index in [1.165, 1.54) is 24.0 Å². The van der Waals surface area contributed by atoms with E-state index in [1.807, 2.05) is 0 Å². The highest BCUT2D eigenvalue weighted by atomic mass is 16.5. The summed E-state index contributed by atoms with van der Waals surface area (Å²) in [5, 5.41) is 3.43. The van der Waals surface area contributed by atoms with Gasteiger partial charge in [-0.3, -0.25) is 0 Å². The van der Waals surface area contributed by atoms with Crippen molar-refractivity contribution in [1.29, 1.82) is 0 Å². The Morgan fingerprint density at radius 2 is 1.88 bits per heavy atom. The van der Waals surface area contributed by atoms with Crippen LogP contribution in [0.4, 0.5) is 0 Å². The Morgan fingerprint density at radius 3 is 2.41 bits per heavy atom. The Morgan fingerprint density at radius 1 is 1.24 bits per heavy atom. The highest BCUT2D eigenvalue weighted by Crippen LogP contribution is 2.39. The molecule has 0 amide bonds. The first-order valence-corrected chi connectivity index (χ1v) is 6.45. The summed E-state index contributed by atoms with van der Waals surface area (Å²) in [4.78, 5) is 0. The smallest absolute Gasteiger partial charge is 0.0746 e. The number of benzene rings is 1. The van der Waals surface area contributed by atoms with Crippen molar-refractivity contribution in [3.63, 3.8) is 0 Å². The van der Waals surface area contributed by atoms with Crippen LogP contribution >= 0.6 is 0 Å². The Hall–Kier alpha value is -0.860. The topological polar surface area (TPSA) is 21.3 Å². The molecule has 1 aromatic carbocycles. The van der Waals surface area contributed by atoms with Gasteiger partial charge < -0.3 is 10.1 Å². The van der Waals surface area contributed by atoms with Crippen LogP contribution in [0, 0.1) is 0 Å². The van der Waals surface area contributed by atoms with E-state index in [9.17, 15) is 0 Å². The molecule has 1 aromatic rings. The summed E-state index contributed by atoms with van der Waals surface area (Å²) in [7, 11) is 1.76. The summed E-state index contributed by atoms with van der Waals surface area (Å²) in [5.74, 6) is 0.851. The average molecular weight is 233 g/mol. The highest BCUT2D eigenvalue weighted by molar-refractivity contribution is 5.27. The number of methoxy groups -OCH3 is 1. The molecule has 17 heavy (non-hydrogen) atoms. The summed E-state index contributed by atoms with van der Waals surface area (Å²) in [6.45, 7) is 5.97. The van der Waals surface area contributed by atoms with Gasteiger partial charge in [0.2, 0.25) is 0 Å². The predicted molar refractivity (Wildman–Crippen MR) is 71.2 cm³/mol. The fourth-order valence-electron chi connectivity index (χ4n) is 1.90. The molecule has 1 aliphatic rings. The third kappa shape index (κ3) is 3.83. The zero-order chi connectivity index (χ0) is 12.3. The monoisotopic (exact) mass is 233 g/mol. The zero-order valence-corrected chi connectivity index (χ0v) is 11.1. The fraction of sp³-hybridized carbons (Fsp3) is 0.600. The summed E-state index contributed by atoms with van der Waals surface area (Å²) in [6, 6.07) is 9.02. The Balaban J connectivity index is 1.78. The minimum absolute atomic E-state index is 0.0893. The van der Waals surface area contributed by atoms with E-state index in [2.05, 4.69) is 43.4 Å². The van der Waals surface area contributed by atoms with Gasteiger partial charge in [0.1, 0.15) is 0 Å². The molecule has 0 unspecified atom stereocenters. The molecule has 1 aliphatic carbocycles. The van der Waals surface area contributed by atoms with Crippen LogP contribution in [0.1, 0.15) is 43.7 Å². The minimum Gasteiger partial charge on any atom is -0.377 e. The molecule has 1 N–H and O–H groups in total. The standard InChI is InChI=1S/C15H23NO/c1-15(2,17-3)11-16-10-12-4-6-13(7-5-12)14-8-9-14/h4-7,14,16H,8-11H2,1-3H3. The molecule has 1 fully saturated rings. The summed E-state index contributed by atoms with van der Waals surface area (Å²) in [6.07, 6.45) is 2.75. The van der Waals surface area contributed by atoms with Crippen LogP contribution in [0.5, 0.6) is 0 Å². The van der Waals surface area contributed by atoms with Gasteiger partial charge in [-0.1, -0.05) is 24.3 Å². The molecule has 0 heterocycles. The molecule has 0 aromatic heterocycles. The van der Waals surface area contributed by atoms with Crippen molar-refractivity contribution >= 4 is 0 Å². The van der Waals surface area contributed by atoms with Crippen LogP contribution in [0.2, 0.25) is 0 Å². The van der Waals surface area contributed by atoms with E-state index in [0.29, 0.717) is 0 Å². The second kappa shape index (κ2) is 5.19. The zero-order valence-electron chi connectivity index (χ0n) is 11.1. The van der Waals surface area contributed by atoms with Crippen LogP contribution in [0.15, 0.2) is 24.3 Å². The molecule has 1 saturated carbocycles. The molecule has 0 bridgehead atoms. The van der Waals surface area contributed by atoms with Crippen molar-refractivity contribution in [2.45, 2.75) is 44.8 Å². The quantitative estimate of drug-likeness (QED) is 0.815. The van der Waals surface area contributed by atoms with Crippen LogP contribution in [0.25, 0.3) is 0 Å². The molecule has 0 aliphatic heterocycles. The van der Waals surface area contributed by atoms with E-state index in [-0.39, 0.29) is 5.60 Å². The lowest BCUT2D eigenvalue weighted by Gasteiger charge is -2.23. The van der Waals surface area contributed by atoms with Gasteiger partial charge >= 0.3 is 0 Å². The third-order valence-corrected chi connectivity index (χ3v) is 3.46. The van der Waals surface area contributed by atoms with Crippen molar-refractivity contribution in [1.82, 2.24) is 5.32 Å². The first-order valence-electron chi connectivity index (χ1n) is 6.45. The van der Waals surface area contributed by atoms with E-state index in [0.717, 1.165) is 19.0 Å². The molecule has 2 nitrogen and oxygen atoms in total. The fourth-order valence-corrected chi connectivity index (χ4v) is 1.90. The molecule has 0 spiro atoms. The maximum Gasteiger partial charge on any atom is 0.0746 e. The molecule has 94 valence electrons. The number of ether oxygens (including phenoxy) is 1. The maximum atomic E-state index is 5.37. The number of hydrogen-bond acceptors (Lipinski definition) is 2. The number of rotatable bonds is 6. The summed E-state index contributed by atoms with van der Waals surface area (Å²) in [5.41, 5.74) is 2.76. The Bertz CT molecular complexity index is 352. The van der Waals surface area contributed by atoms with Gasteiger partial charge in [0.05, 0.1) is 5.60 Å². The molecule has 2 rings (SSSR count). The van der Waals surface area contributed by atoms with Gasteiger partial charge in [-0.2, -0.15) is 0 Å². The Labute approximate surface area is 104 Å². The lowest BCUT2D eigenvalue weighted by atomic mass is 10.1. The van der Waals surface area contributed by atoms with Gasteiger partial charge in [-0.05, 0) is 43.7 Å². The lowest BCUT2D eigenvalue weighted by molar-refractivity contribution is 0.0230. The largest absolute Gasteiger partial charge is 0.377 e. The van der Waals surface area contributed by atoms with Crippen molar-refractivity contribution in [2.75, 3.05) is 13.7 Å². The van der Waals surface area contributed by atoms with Crippen molar-refractivity contribution in [2.24, 2.45) is 0 Å². The molecular weight excluding hydrogens is 210 g/mol. The second-order valence-electron chi connectivity index (χ2n) is 5.58. The lowest BCUT2D eigenvalue weighted by Crippen LogP contribution is -2.36. The first kappa shape index (κ1) is 12.6. The first-order chi connectivity index (χ1) is 8.11. The van der Waals surface area contributed by atoms with Crippen LogP contribution < -0.4 is 5.32 Å². The maximum absolute atomic E-state index is 5.37. The molecule has 0 radical (unpaired) electrons. The average Bonchev–Trinajstić information content (AvgIpc) is 3.14. The number of hydrogen-bond donors (Lipinski definition) is 1. The van der Waals surface area contributed by atoms with E-state index >= 15 is 0 Å². The molecular formula is C15H23NO.